The maximum Gasteiger partial charge on any atom is 0.374 e. The summed E-state index contributed by atoms with van der Waals surface area (Å²) in [5.74, 6) is -3.53. The average Bonchev–Trinajstić information content (AvgIpc) is 2.77. The van der Waals surface area contributed by atoms with Gasteiger partial charge in [0.2, 0.25) is 11.7 Å². The largest absolute Gasteiger partial charge is 0.475 e. The lowest BCUT2D eigenvalue weighted by atomic mass is 10.1. The Bertz CT molecular complexity index is 637. The highest BCUT2D eigenvalue weighted by Gasteiger charge is 2.27. The molecule has 0 saturated carbocycles. The molecule has 19 heavy (non-hydrogen) atoms. The molecular weight excluding hydrogens is 263 g/mol. The maximum absolute atomic E-state index is 13.1. The smallest absolute Gasteiger partial charge is 0.374 e. The Labute approximate surface area is 105 Å². The number of rotatable bonds is 3. The molecule has 1 aromatic heterocycles. The van der Waals surface area contributed by atoms with Gasteiger partial charge >= 0.3 is 5.97 Å². The van der Waals surface area contributed by atoms with Crippen LogP contribution in [-0.2, 0) is 0 Å². The first-order chi connectivity index (χ1) is 8.90. The topological polar surface area (TPSA) is 63.3 Å². The maximum atomic E-state index is 13.1. The fraction of sp³-hybridized carbons (Fsp3) is 0.167. The highest BCUT2D eigenvalue weighted by atomic mass is 19.3. The number of aromatic nitrogens is 1. The van der Waals surface area contributed by atoms with Crippen molar-refractivity contribution in [3.63, 3.8) is 0 Å². The molecular formula is C12H8F3NO3. The fourth-order valence-corrected chi connectivity index (χ4v) is 1.57. The van der Waals surface area contributed by atoms with E-state index in [4.69, 9.17) is 9.52 Å². The first-order valence-corrected chi connectivity index (χ1v) is 5.19. The molecule has 0 radical (unpaired) electrons. The van der Waals surface area contributed by atoms with E-state index in [1.165, 1.54) is 12.1 Å². The average molecular weight is 271 g/mol. The molecule has 100 valence electrons. The van der Waals surface area contributed by atoms with Crippen LogP contribution in [0.15, 0.2) is 22.6 Å². The molecule has 0 saturated heterocycles. The van der Waals surface area contributed by atoms with Crippen LogP contribution in [0.5, 0.6) is 0 Å². The zero-order valence-corrected chi connectivity index (χ0v) is 9.65. The van der Waals surface area contributed by atoms with Gasteiger partial charge in [-0.05, 0) is 24.6 Å². The van der Waals surface area contributed by atoms with Crippen molar-refractivity contribution >= 4 is 5.97 Å². The summed E-state index contributed by atoms with van der Waals surface area (Å²) in [7, 11) is 0. The summed E-state index contributed by atoms with van der Waals surface area (Å²) < 4.78 is 43.2. The van der Waals surface area contributed by atoms with Crippen LogP contribution >= 0.6 is 0 Å². The number of hydrogen-bond acceptors (Lipinski definition) is 3. The lowest BCUT2D eigenvalue weighted by Gasteiger charge is -2.00. The molecule has 0 aliphatic carbocycles. The van der Waals surface area contributed by atoms with E-state index >= 15 is 0 Å². The van der Waals surface area contributed by atoms with E-state index in [9.17, 15) is 18.0 Å². The van der Waals surface area contributed by atoms with Crippen LogP contribution < -0.4 is 0 Å². The first-order valence-electron chi connectivity index (χ1n) is 5.19. The van der Waals surface area contributed by atoms with E-state index in [2.05, 4.69) is 4.98 Å². The molecule has 2 rings (SSSR count). The highest BCUT2D eigenvalue weighted by molar-refractivity contribution is 5.86. The summed E-state index contributed by atoms with van der Waals surface area (Å²) >= 11 is 0. The standard InChI is InChI=1S/C12H8F3NO3/c1-5-2-3-6(13)4-7(5)11-16-8(10(14)15)9(19-11)12(17)18/h2-4,10H,1H3,(H,17,18). The summed E-state index contributed by atoms with van der Waals surface area (Å²) in [6.07, 6.45) is -3.09. The van der Waals surface area contributed by atoms with Crippen molar-refractivity contribution in [1.29, 1.82) is 0 Å². The van der Waals surface area contributed by atoms with Crippen LogP contribution in [-0.4, -0.2) is 16.1 Å². The van der Waals surface area contributed by atoms with Crippen molar-refractivity contribution in [3.05, 3.63) is 41.0 Å². The number of carboxylic acid groups (broad SMARTS) is 1. The third-order valence-corrected chi connectivity index (χ3v) is 2.48. The van der Waals surface area contributed by atoms with Gasteiger partial charge in [-0.1, -0.05) is 6.07 Å². The van der Waals surface area contributed by atoms with Gasteiger partial charge in [0.15, 0.2) is 5.69 Å². The quantitative estimate of drug-likeness (QED) is 0.928. The predicted molar refractivity (Wildman–Crippen MR) is 58.6 cm³/mol. The third kappa shape index (κ3) is 2.44. The molecule has 0 aliphatic heterocycles. The molecule has 0 spiro atoms. The number of carboxylic acids is 1. The zero-order valence-electron chi connectivity index (χ0n) is 9.65. The number of oxazole rings is 1. The van der Waals surface area contributed by atoms with Gasteiger partial charge in [0, 0.05) is 5.56 Å². The zero-order chi connectivity index (χ0) is 14.2. The van der Waals surface area contributed by atoms with Gasteiger partial charge in [-0.2, -0.15) is 0 Å². The lowest BCUT2D eigenvalue weighted by molar-refractivity contribution is 0.0647. The minimum absolute atomic E-state index is 0.134. The number of carbonyl (C=O) groups is 1. The van der Waals surface area contributed by atoms with Gasteiger partial charge in [-0.25, -0.2) is 22.9 Å². The van der Waals surface area contributed by atoms with Gasteiger partial charge in [-0.3, -0.25) is 0 Å². The summed E-state index contributed by atoms with van der Waals surface area (Å²) in [4.78, 5) is 14.2. The van der Waals surface area contributed by atoms with Crippen molar-refractivity contribution < 1.29 is 27.5 Å². The monoisotopic (exact) mass is 271 g/mol. The number of alkyl halides is 2. The van der Waals surface area contributed by atoms with Crippen molar-refractivity contribution in [1.82, 2.24) is 4.98 Å². The normalized spacial score (nSPS) is 11.0. The second-order valence-electron chi connectivity index (χ2n) is 3.80. The molecule has 7 heteroatoms. The lowest BCUT2D eigenvalue weighted by Crippen LogP contribution is -1.99. The number of benzene rings is 1. The third-order valence-electron chi connectivity index (χ3n) is 2.48. The molecule has 0 atom stereocenters. The van der Waals surface area contributed by atoms with Crippen LogP contribution in [0.2, 0.25) is 0 Å². The van der Waals surface area contributed by atoms with E-state index in [-0.39, 0.29) is 11.5 Å². The Hall–Kier alpha value is -2.31. The van der Waals surface area contributed by atoms with Gasteiger partial charge in [0.25, 0.3) is 6.43 Å². The molecule has 2 aromatic rings. The first kappa shape index (κ1) is 13.1. The van der Waals surface area contributed by atoms with E-state index < -0.39 is 29.7 Å². The Morgan fingerprint density at radius 1 is 1.42 bits per heavy atom. The van der Waals surface area contributed by atoms with Crippen molar-refractivity contribution in [2.24, 2.45) is 0 Å². The molecule has 1 N–H and O–H groups in total. The Kier molecular flexibility index (Phi) is 3.28. The highest BCUT2D eigenvalue weighted by Crippen LogP contribution is 2.30. The number of aryl methyl sites for hydroxylation is 1. The van der Waals surface area contributed by atoms with Crippen LogP contribution in [0.25, 0.3) is 11.5 Å². The summed E-state index contributed by atoms with van der Waals surface area (Å²) in [5.41, 5.74) is -0.305. The molecule has 0 bridgehead atoms. The number of hydrogen-bond donors (Lipinski definition) is 1. The van der Waals surface area contributed by atoms with Gasteiger partial charge in [-0.15, -0.1) is 0 Å². The SMILES string of the molecule is Cc1ccc(F)cc1-c1nc(C(F)F)c(C(=O)O)o1. The minimum atomic E-state index is -3.09. The Morgan fingerprint density at radius 3 is 2.63 bits per heavy atom. The van der Waals surface area contributed by atoms with Crippen molar-refractivity contribution in [2.75, 3.05) is 0 Å². The molecule has 1 aromatic carbocycles. The number of aromatic carboxylic acids is 1. The van der Waals surface area contributed by atoms with Gasteiger partial charge in [0.1, 0.15) is 5.82 Å². The fourth-order valence-electron chi connectivity index (χ4n) is 1.57. The summed E-state index contributed by atoms with van der Waals surface area (Å²) in [6, 6.07) is 3.65. The van der Waals surface area contributed by atoms with E-state index in [0.29, 0.717) is 5.56 Å². The number of halogens is 3. The molecule has 1 heterocycles. The van der Waals surface area contributed by atoms with E-state index in [1.54, 1.807) is 6.92 Å². The molecule has 0 unspecified atom stereocenters. The molecule has 0 fully saturated rings. The molecule has 0 amide bonds. The summed E-state index contributed by atoms with van der Waals surface area (Å²) in [6.45, 7) is 1.60. The van der Waals surface area contributed by atoms with Gasteiger partial charge < -0.3 is 9.52 Å². The minimum Gasteiger partial charge on any atom is -0.475 e. The van der Waals surface area contributed by atoms with Gasteiger partial charge in [0.05, 0.1) is 0 Å². The van der Waals surface area contributed by atoms with E-state index in [0.717, 1.165) is 6.07 Å². The van der Waals surface area contributed by atoms with Crippen LogP contribution in [0.1, 0.15) is 28.2 Å². The second kappa shape index (κ2) is 4.75. The van der Waals surface area contributed by atoms with Crippen LogP contribution in [0.3, 0.4) is 0 Å². The Balaban J connectivity index is 2.60. The molecule has 4 nitrogen and oxygen atoms in total. The van der Waals surface area contributed by atoms with Crippen molar-refractivity contribution in [3.8, 4) is 11.5 Å². The summed E-state index contributed by atoms with van der Waals surface area (Å²) in [5, 5.41) is 8.76. The predicted octanol–water partition coefficient (Wildman–Crippen LogP) is 3.42. The number of nitrogens with zero attached hydrogens (tertiary/aromatic N) is 1. The van der Waals surface area contributed by atoms with Crippen LogP contribution in [0, 0.1) is 12.7 Å². The molecule has 0 aliphatic rings. The second-order valence-corrected chi connectivity index (χ2v) is 3.80. The van der Waals surface area contributed by atoms with E-state index in [1.807, 2.05) is 0 Å². The van der Waals surface area contributed by atoms with Crippen LogP contribution in [0.4, 0.5) is 13.2 Å². The Morgan fingerprint density at radius 2 is 2.11 bits per heavy atom. The van der Waals surface area contributed by atoms with Crippen molar-refractivity contribution in [2.45, 2.75) is 13.3 Å².